The number of carbonyl (C=O) groups is 1. The molecule has 122 valence electrons. The zero-order valence-corrected chi connectivity index (χ0v) is 13.8. The van der Waals surface area contributed by atoms with Gasteiger partial charge in [0.15, 0.2) is 0 Å². The van der Waals surface area contributed by atoms with Crippen LogP contribution in [0.2, 0.25) is 0 Å². The molecule has 0 saturated heterocycles. The molecule has 0 amide bonds. The lowest BCUT2D eigenvalue weighted by Crippen LogP contribution is -2.36. The van der Waals surface area contributed by atoms with Crippen molar-refractivity contribution in [1.82, 2.24) is 4.90 Å². The van der Waals surface area contributed by atoms with E-state index in [1.54, 1.807) is 0 Å². The SMILES string of the molecule is CCCN(CC1CC1)[C@@H](C(=O)O)c1ccc(OC(C)C)cc1. The van der Waals surface area contributed by atoms with Gasteiger partial charge < -0.3 is 9.84 Å². The Morgan fingerprint density at radius 3 is 2.41 bits per heavy atom. The summed E-state index contributed by atoms with van der Waals surface area (Å²) in [5.41, 5.74) is 0.831. The first-order valence-corrected chi connectivity index (χ1v) is 8.24. The molecule has 4 heteroatoms. The van der Waals surface area contributed by atoms with Gasteiger partial charge >= 0.3 is 5.97 Å². The number of benzene rings is 1. The number of carboxylic acids is 1. The van der Waals surface area contributed by atoms with Crippen LogP contribution in [0.4, 0.5) is 0 Å². The Bertz CT molecular complexity index is 480. The summed E-state index contributed by atoms with van der Waals surface area (Å²) in [4.78, 5) is 13.9. The topological polar surface area (TPSA) is 49.8 Å². The number of nitrogens with zero attached hydrogens (tertiary/aromatic N) is 1. The van der Waals surface area contributed by atoms with Crippen molar-refractivity contribution in [2.75, 3.05) is 13.1 Å². The molecule has 0 aromatic heterocycles. The zero-order valence-electron chi connectivity index (χ0n) is 13.8. The lowest BCUT2D eigenvalue weighted by Gasteiger charge is -2.29. The molecule has 0 spiro atoms. The van der Waals surface area contributed by atoms with Crippen LogP contribution in [0, 0.1) is 5.92 Å². The summed E-state index contributed by atoms with van der Waals surface area (Å²) in [6.07, 6.45) is 3.54. The van der Waals surface area contributed by atoms with E-state index in [1.165, 1.54) is 12.8 Å². The van der Waals surface area contributed by atoms with Gasteiger partial charge in [-0.1, -0.05) is 19.1 Å². The van der Waals surface area contributed by atoms with Crippen molar-refractivity contribution in [1.29, 1.82) is 0 Å². The molecule has 0 bridgehead atoms. The highest BCUT2D eigenvalue weighted by Crippen LogP contribution is 2.33. The molecule has 2 rings (SSSR count). The summed E-state index contributed by atoms with van der Waals surface area (Å²) in [6, 6.07) is 6.94. The largest absolute Gasteiger partial charge is 0.491 e. The van der Waals surface area contributed by atoms with Crippen LogP contribution >= 0.6 is 0 Å². The summed E-state index contributed by atoms with van der Waals surface area (Å²) in [7, 11) is 0. The minimum absolute atomic E-state index is 0.118. The van der Waals surface area contributed by atoms with Crippen molar-refractivity contribution >= 4 is 5.97 Å². The Labute approximate surface area is 133 Å². The second-order valence-corrected chi connectivity index (χ2v) is 6.41. The third-order valence-electron chi connectivity index (χ3n) is 3.87. The van der Waals surface area contributed by atoms with Gasteiger partial charge in [0.25, 0.3) is 0 Å². The maximum absolute atomic E-state index is 11.8. The van der Waals surface area contributed by atoms with Crippen molar-refractivity contribution < 1.29 is 14.6 Å². The quantitative estimate of drug-likeness (QED) is 0.755. The fourth-order valence-corrected chi connectivity index (χ4v) is 2.76. The van der Waals surface area contributed by atoms with E-state index < -0.39 is 12.0 Å². The predicted octanol–water partition coefficient (Wildman–Crippen LogP) is 3.72. The van der Waals surface area contributed by atoms with E-state index in [0.717, 1.165) is 30.8 Å². The van der Waals surface area contributed by atoms with E-state index in [4.69, 9.17) is 4.74 Å². The molecule has 1 N–H and O–H groups in total. The monoisotopic (exact) mass is 305 g/mol. The van der Waals surface area contributed by atoms with E-state index in [0.29, 0.717) is 5.92 Å². The van der Waals surface area contributed by atoms with Gasteiger partial charge in [0, 0.05) is 6.54 Å². The van der Waals surface area contributed by atoms with Crippen LogP contribution in [0.3, 0.4) is 0 Å². The number of rotatable bonds is 9. The molecule has 1 aromatic rings. The first-order valence-electron chi connectivity index (χ1n) is 8.24. The van der Waals surface area contributed by atoms with Gasteiger partial charge in [-0.05, 0) is 63.3 Å². The molecule has 4 nitrogen and oxygen atoms in total. The Morgan fingerprint density at radius 2 is 1.95 bits per heavy atom. The minimum atomic E-state index is -0.772. The maximum atomic E-state index is 11.8. The fourth-order valence-electron chi connectivity index (χ4n) is 2.76. The maximum Gasteiger partial charge on any atom is 0.325 e. The van der Waals surface area contributed by atoms with E-state index in [9.17, 15) is 9.90 Å². The molecule has 1 aromatic carbocycles. The van der Waals surface area contributed by atoms with Gasteiger partial charge in [0.1, 0.15) is 11.8 Å². The van der Waals surface area contributed by atoms with E-state index in [-0.39, 0.29) is 6.10 Å². The molecule has 0 radical (unpaired) electrons. The molecule has 0 unspecified atom stereocenters. The number of hydrogen-bond acceptors (Lipinski definition) is 3. The molecule has 1 aliphatic rings. The summed E-state index contributed by atoms with van der Waals surface area (Å²) >= 11 is 0. The summed E-state index contributed by atoms with van der Waals surface area (Å²) in [5.74, 6) is 0.690. The third kappa shape index (κ3) is 4.73. The minimum Gasteiger partial charge on any atom is -0.491 e. The predicted molar refractivity (Wildman–Crippen MR) is 87.2 cm³/mol. The highest BCUT2D eigenvalue weighted by molar-refractivity contribution is 5.75. The molecule has 1 atom stereocenters. The number of hydrogen-bond donors (Lipinski definition) is 1. The Hall–Kier alpha value is -1.55. The van der Waals surface area contributed by atoms with Crippen LogP contribution in [-0.4, -0.2) is 35.2 Å². The zero-order chi connectivity index (χ0) is 16.1. The second kappa shape index (κ2) is 7.63. The second-order valence-electron chi connectivity index (χ2n) is 6.41. The molecular weight excluding hydrogens is 278 g/mol. The highest BCUT2D eigenvalue weighted by atomic mass is 16.5. The normalized spacial score (nSPS) is 16.0. The van der Waals surface area contributed by atoms with Gasteiger partial charge in [-0.2, -0.15) is 0 Å². The van der Waals surface area contributed by atoms with Crippen molar-refractivity contribution in [3.05, 3.63) is 29.8 Å². The summed E-state index contributed by atoms with van der Waals surface area (Å²) in [5, 5.41) is 9.70. The first-order chi connectivity index (χ1) is 10.5. The molecule has 0 heterocycles. The lowest BCUT2D eigenvalue weighted by atomic mass is 10.0. The summed E-state index contributed by atoms with van der Waals surface area (Å²) in [6.45, 7) is 7.75. The fraction of sp³-hybridized carbons (Fsp3) is 0.611. The smallest absolute Gasteiger partial charge is 0.325 e. The third-order valence-corrected chi connectivity index (χ3v) is 3.87. The van der Waals surface area contributed by atoms with Crippen molar-refractivity contribution in [3.63, 3.8) is 0 Å². The van der Waals surface area contributed by atoms with Gasteiger partial charge in [0.2, 0.25) is 0 Å². The first kappa shape index (κ1) is 16.8. The molecule has 0 aliphatic heterocycles. The Morgan fingerprint density at radius 1 is 1.32 bits per heavy atom. The van der Waals surface area contributed by atoms with Gasteiger partial charge in [-0.15, -0.1) is 0 Å². The molecule has 22 heavy (non-hydrogen) atoms. The Kier molecular flexibility index (Phi) is 5.83. The molecule has 1 fully saturated rings. The van der Waals surface area contributed by atoms with Crippen LogP contribution < -0.4 is 4.74 Å². The molecule has 1 aliphatic carbocycles. The summed E-state index contributed by atoms with van der Waals surface area (Å²) < 4.78 is 5.63. The van der Waals surface area contributed by atoms with Crippen LogP contribution in [0.15, 0.2) is 24.3 Å². The lowest BCUT2D eigenvalue weighted by molar-refractivity contribution is -0.143. The van der Waals surface area contributed by atoms with Crippen molar-refractivity contribution in [2.45, 2.75) is 52.2 Å². The Balaban J connectivity index is 2.15. The standard InChI is InChI=1S/C18H27NO3/c1-4-11-19(12-14-5-6-14)17(18(20)21)15-7-9-16(10-8-15)22-13(2)3/h7-10,13-14,17H,4-6,11-12H2,1-3H3,(H,20,21)/t17-/m1/s1. The van der Waals surface area contributed by atoms with Crippen LogP contribution in [0.5, 0.6) is 5.75 Å². The van der Waals surface area contributed by atoms with Crippen LogP contribution in [-0.2, 0) is 4.79 Å². The average molecular weight is 305 g/mol. The molecular formula is C18H27NO3. The van der Waals surface area contributed by atoms with Crippen molar-refractivity contribution in [3.8, 4) is 5.75 Å². The highest BCUT2D eigenvalue weighted by Gasteiger charge is 2.32. The van der Waals surface area contributed by atoms with E-state index in [2.05, 4.69) is 11.8 Å². The number of carboxylic acid groups (broad SMARTS) is 1. The van der Waals surface area contributed by atoms with Gasteiger partial charge in [-0.3, -0.25) is 9.69 Å². The number of ether oxygens (including phenoxy) is 1. The average Bonchev–Trinajstić information content (AvgIpc) is 3.24. The van der Waals surface area contributed by atoms with Crippen LogP contribution in [0.1, 0.15) is 51.6 Å². The van der Waals surface area contributed by atoms with Gasteiger partial charge in [0.05, 0.1) is 6.10 Å². The van der Waals surface area contributed by atoms with Crippen LogP contribution in [0.25, 0.3) is 0 Å². The molecule has 1 saturated carbocycles. The van der Waals surface area contributed by atoms with E-state index >= 15 is 0 Å². The van der Waals surface area contributed by atoms with Crippen molar-refractivity contribution in [2.24, 2.45) is 5.92 Å². The van der Waals surface area contributed by atoms with Gasteiger partial charge in [-0.25, -0.2) is 0 Å². The van der Waals surface area contributed by atoms with E-state index in [1.807, 2.05) is 38.1 Å². The number of aliphatic carboxylic acids is 1.